The van der Waals surface area contributed by atoms with Gasteiger partial charge in [0.25, 0.3) is 0 Å². The molecule has 0 saturated heterocycles. The molecule has 0 saturated carbocycles. The van der Waals surface area contributed by atoms with Gasteiger partial charge >= 0.3 is 0 Å². The van der Waals surface area contributed by atoms with Crippen LogP contribution in [0.5, 0.6) is 0 Å². The van der Waals surface area contributed by atoms with Crippen molar-refractivity contribution in [2.24, 2.45) is 0 Å². The minimum atomic E-state index is -3.41. The third kappa shape index (κ3) is 4.58. The lowest BCUT2D eigenvalue weighted by Gasteiger charge is -2.09. The molecular weight excluding hydrogens is 200 g/mol. The fourth-order valence-electron chi connectivity index (χ4n) is 1.07. The number of rotatable bonds is 7. The van der Waals surface area contributed by atoms with E-state index in [-0.39, 0.29) is 0 Å². The van der Waals surface area contributed by atoms with E-state index in [0.717, 1.165) is 19.3 Å². The van der Waals surface area contributed by atoms with E-state index >= 15 is 0 Å². The van der Waals surface area contributed by atoms with E-state index in [4.69, 9.17) is 5.26 Å². The number of hydrogen-bond donors (Lipinski definition) is 1. The van der Waals surface area contributed by atoms with Crippen molar-refractivity contribution in [1.82, 2.24) is 4.72 Å². The number of nitrogens with zero attached hydrogens (tertiary/aromatic N) is 1. The molecule has 0 aromatic rings. The van der Waals surface area contributed by atoms with Gasteiger partial charge in [-0.25, -0.2) is 13.1 Å². The van der Waals surface area contributed by atoms with Crippen LogP contribution in [-0.2, 0) is 10.0 Å². The Morgan fingerprint density at radius 2 is 2.00 bits per heavy atom. The lowest BCUT2D eigenvalue weighted by atomic mass is 10.3. The van der Waals surface area contributed by atoms with Crippen LogP contribution in [0.1, 0.15) is 39.5 Å². The molecule has 5 heteroatoms. The number of sulfonamides is 1. The molecule has 1 N–H and O–H groups in total. The Morgan fingerprint density at radius 3 is 2.43 bits per heavy atom. The van der Waals surface area contributed by atoms with E-state index in [1.165, 1.54) is 0 Å². The van der Waals surface area contributed by atoms with Gasteiger partial charge < -0.3 is 0 Å². The van der Waals surface area contributed by atoms with E-state index in [1.54, 1.807) is 13.0 Å². The lowest BCUT2D eigenvalue weighted by molar-refractivity contribution is 0.567. The predicted molar refractivity (Wildman–Crippen MR) is 56.1 cm³/mol. The molecule has 0 fully saturated rings. The van der Waals surface area contributed by atoms with E-state index in [9.17, 15) is 8.42 Å². The van der Waals surface area contributed by atoms with Crippen molar-refractivity contribution in [3.05, 3.63) is 0 Å². The number of unbranched alkanes of at least 4 members (excludes halogenated alkanes) is 2. The molecule has 4 nitrogen and oxygen atoms in total. The Bertz CT molecular complexity index is 280. The summed E-state index contributed by atoms with van der Waals surface area (Å²) in [7, 11) is -3.41. The van der Waals surface area contributed by atoms with Gasteiger partial charge in [0.2, 0.25) is 10.0 Å². The molecule has 0 spiro atoms. The molecule has 14 heavy (non-hydrogen) atoms. The molecule has 0 bridgehead atoms. The maximum absolute atomic E-state index is 11.4. The van der Waals surface area contributed by atoms with Gasteiger partial charge in [-0.05, 0) is 12.8 Å². The van der Waals surface area contributed by atoms with Crippen molar-refractivity contribution in [2.75, 3.05) is 6.54 Å². The summed E-state index contributed by atoms with van der Waals surface area (Å²) in [6.07, 6.45) is 3.22. The second-order valence-corrected chi connectivity index (χ2v) is 5.12. The largest absolute Gasteiger partial charge is 0.227 e. The summed E-state index contributed by atoms with van der Waals surface area (Å²) in [6.45, 7) is 4.19. The minimum absolute atomic E-state index is 0.333. The normalized spacial score (nSPS) is 13.5. The van der Waals surface area contributed by atoms with Crippen LogP contribution in [0.2, 0.25) is 0 Å². The Hall–Kier alpha value is -0.600. The highest BCUT2D eigenvalue weighted by Crippen LogP contribution is 2.03. The quantitative estimate of drug-likeness (QED) is 0.657. The monoisotopic (exact) mass is 218 g/mol. The first-order valence-corrected chi connectivity index (χ1v) is 6.51. The standard InChI is InChI=1S/C9H18N2O2S/c1-3-5-6-7-11-14(12,13)9(4-2)8-10/h9,11H,3-7H2,1-2H3. The van der Waals surface area contributed by atoms with Crippen LogP contribution in [0.25, 0.3) is 0 Å². The van der Waals surface area contributed by atoms with Gasteiger partial charge in [0.1, 0.15) is 0 Å². The fourth-order valence-corrected chi connectivity index (χ4v) is 2.28. The van der Waals surface area contributed by atoms with E-state index in [0.29, 0.717) is 13.0 Å². The topological polar surface area (TPSA) is 70.0 Å². The van der Waals surface area contributed by atoms with Gasteiger partial charge in [0.05, 0.1) is 6.07 Å². The third-order valence-corrected chi connectivity index (χ3v) is 3.77. The summed E-state index contributed by atoms with van der Waals surface area (Å²) < 4.78 is 25.3. The van der Waals surface area contributed by atoms with Crippen LogP contribution in [0.15, 0.2) is 0 Å². The van der Waals surface area contributed by atoms with Gasteiger partial charge in [-0.15, -0.1) is 0 Å². The zero-order valence-corrected chi connectivity index (χ0v) is 9.60. The molecule has 0 heterocycles. The molecule has 0 aromatic heterocycles. The summed E-state index contributed by atoms with van der Waals surface area (Å²) in [5.74, 6) is 0. The molecule has 0 aromatic carbocycles. The number of hydrogen-bond acceptors (Lipinski definition) is 3. The molecular formula is C9H18N2O2S. The van der Waals surface area contributed by atoms with Crippen molar-refractivity contribution in [1.29, 1.82) is 5.26 Å². The molecule has 1 atom stereocenters. The van der Waals surface area contributed by atoms with Crippen molar-refractivity contribution >= 4 is 10.0 Å². The maximum Gasteiger partial charge on any atom is 0.227 e. The highest BCUT2D eigenvalue weighted by molar-refractivity contribution is 7.90. The second kappa shape index (κ2) is 6.80. The molecule has 1 unspecified atom stereocenters. The summed E-state index contributed by atoms with van der Waals surface area (Å²) in [5.41, 5.74) is 0. The van der Waals surface area contributed by atoms with Gasteiger partial charge in [-0.2, -0.15) is 5.26 Å². The lowest BCUT2D eigenvalue weighted by Crippen LogP contribution is -2.33. The summed E-state index contributed by atoms with van der Waals surface area (Å²) in [5, 5.41) is 7.68. The van der Waals surface area contributed by atoms with Crippen molar-refractivity contribution in [3.8, 4) is 6.07 Å². The fraction of sp³-hybridized carbons (Fsp3) is 0.889. The van der Waals surface area contributed by atoms with Gasteiger partial charge in [0, 0.05) is 6.54 Å². The summed E-state index contributed by atoms with van der Waals surface area (Å²) in [6, 6.07) is 1.78. The van der Waals surface area contributed by atoms with E-state index < -0.39 is 15.3 Å². The highest BCUT2D eigenvalue weighted by atomic mass is 32.2. The van der Waals surface area contributed by atoms with Crippen LogP contribution in [0.4, 0.5) is 0 Å². The average Bonchev–Trinajstić information content (AvgIpc) is 2.14. The zero-order valence-electron chi connectivity index (χ0n) is 8.78. The van der Waals surface area contributed by atoms with Crippen molar-refractivity contribution in [3.63, 3.8) is 0 Å². The first-order valence-electron chi connectivity index (χ1n) is 4.96. The van der Waals surface area contributed by atoms with Crippen molar-refractivity contribution < 1.29 is 8.42 Å². The average molecular weight is 218 g/mol. The van der Waals surface area contributed by atoms with Crippen LogP contribution in [-0.4, -0.2) is 20.2 Å². The van der Waals surface area contributed by atoms with E-state index in [2.05, 4.69) is 11.6 Å². The van der Waals surface area contributed by atoms with Crippen LogP contribution in [0.3, 0.4) is 0 Å². The molecule has 0 rings (SSSR count). The van der Waals surface area contributed by atoms with Crippen LogP contribution < -0.4 is 4.72 Å². The van der Waals surface area contributed by atoms with Gasteiger partial charge in [0.15, 0.2) is 5.25 Å². The maximum atomic E-state index is 11.4. The minimum Gasteiger partial charge on any atom is -0.214 e. The third-order valence-electron chi connectivity index (χ3n) is 1.97. The smallest absolute Gasteiger partial charge is 0.214 e. The Labute approximate surface area is 86.4 Å². The Morgan fingerprint density at radius 1 is 1.36 bits per heavy atom. The number of nitrogens with one attached hydrogen (secondary N) is 1. The second-order valence-electron chi connectivity index (χ2n) is 3.17. The zero-order chi connectivity index (χ0) is 11.0. The molecule has 82 valence electrons. The number of nitriles is 1. The SMILES string of the molecule is CCCCCNS(=O)(=O)C(C#N)CC. The van der Waals surface area contributed by atoms with Crippen molar-refractivity contribution in [2.45, 2.75) is 44.8 Å². The van der Waals surface area contributed by atoms with E-state index in [1.807, 2.05) is 0 Å². The van der Waals surface area contributed by atoms with Crippen LogP contribution >= 0.6 is 0 Å². The highest BCUT2D eigenvalue weighted by Gasteiger charge is 2.21. The van der Waals surface area contributed by atoms with Crippen LogP contribution in [0, 0.1) is 11.3 Å². The Kier molecular flexibility index (Phi) is 6.50. The summed E-state index contributed by atoms with van der Waals surface area (Å²) >= 11 is 0. The molecule has 0 aliphatic carbocycles. The summed E-state index contributed by atoms with van der Waals surface area (Å²) in [4.78, 5) is 0. The Balaban J connectivity index is 4.02. The van der Waals surface area contributed by atoms with Gasteiger partial charge in [-0.3, -0.25) is 0 Å². The predicted octanol–water partition coefficient (Wildman–Crippen LogP) is 1.40. The first kappa shape index (κ1) is 13.4. The molecule has 0 aliphatic heterocycles. The molecule has 0 aliphatic rings. The molecule has 0 radical (unpaired) electrons. The first-order chi connectivity index (χ1) is 6.58. The molecule has 0 amide bonds. The van der Waals surface area contributed by atoms with Gasteiger partial charge in [-0.1, -0.05) is 26.7 Å².